The Labute approximate surface area is 180 Å². The van der Waals surface area contributed by atoms with Crippen LogP contribution in [0.1, 0.15) is 0 Å². The molecular weight excluding hydrogens is 436 g/mol. The molecule has 0 aromatic heterocycles. The van der Waals surface area contributed by atoms with E-state index >= 15 is 0 Å². The quantitative estimate of drug-likeness (QED) is 0.616. The molecule has 0 saturated carbocycles. The zero-order chi connectivity index (χ0) is 20.6. The predicted molar refractivity (Wildman–Crippen MR) is 120 cm³/mol. The first kappa shape index (κ1) is 21.4. The standard InChI is InChI=1S/C21H27BrN4O3/c1-28-20(29-2)15-23-21(27)24-17-5-9-19(10-6-17)26-13-11-25(12-14-26)18-7-3-16(22)4-8-18/h3-10,20H,11-15H2,1-2H3,(H2,23,24,27). The van der Waals surface area contributed by atoms with Crippen molar-refractivity contribution in [3.63, 3.8) is 0 Å². The van der Waals surface area contributed by atoms with Crippen molar-refractivity contribution in [2.24, 2.45) is 0 Å². The molecule has 0 aliphatic carbocycles. The average molecular weight is 463 g/mol. The third-order valence-corrected chi connectivity index (χ3v) is 5.45. The van der Waals surface area contributed by atoms with Crippen molar-refractivity contribution in [3.8, 4) is 0 Å². The second kappa shape index (κ2) is 10.5. The molecule has 0 atom stereocenters. The molecule has 1 aliphatic rings. The Morgan fingerprint density at radius 3 is 1.90 bits per heavy atom. The third-order valence-electron chi connectivity index (χ3n) is 4.92. The highest BCUT2D eigenvalue weighted by Gasteiger charge is 2.17. The number of piperazine rings is 1. The number of urea groups is 1. The van der Waals surface area contributed by atoms with E-state index in [9.17, 15) is 4.79 Å². The van der Waals surface area contributed by atoms with E-state index in [1.807, 2.05) is 24.3 Å². The van der Waals surface area contributed by atoms with Crippen molar-refractivity contribution in [3.05, 3.63) is 53.0 Å². The number of carbonyl (C=O) groups is 1. The van der Waals surface area contributed by atoms with E-state index < -0.39 is 6.29 Å². The Kier molecular flexibility index (Phi) is 7.74. The monoisotopic (exact) mass is 462 g/mol. The topological polar surface area (TPSA) is 66.1 Å². The van der Waals surface area contributed by atoms with E-state index in [4.69, 9.17) is 9.47 Å². The van der Waals surface area contributed by atoms with Gasteiger partial charge in [0.25, 0.3) is 0 Å². The second-order valence-electron chi connectivity index (χ2n) is 6.73. The van der Waals surface area contributed by atoms with E-state index in [1.54, 1.807) is 0 Å². The van der Waals surface area contributed by atoms with Crippen molar-refractivity contribution in [1.82, 2.24) is 5.32 Å². The Balaban J connectivity index is 1.48. The summed E-state index contributed by atoms with van der Waals surface area (Å²) in [6, 6.07) is 16.1. The molecule has 156 valence electrons. The van der Waals surface area contributed by atoms with Gasteiger partial charge in [0, 0.05) is 61.9 Å². The first-order valence-electron chi connectivity index (χ1n) is 9.55. The minimum atomic E-state index is -0.459. The summed E-state index contributed by atoms with van der Waals surface area (Å²) < 4.78 is 11.2. The maximum absolute atomic E-state index is 12.0. The molecule has 3 rings (SSSR count). The lowest BCUT2D eigenvalue weighted by Gasteiger charge is -2.37. The van der Waals surface area contributed by atoms with Crippen LogP contribution in [0.3, 0.4) is 0 Å². The molecule has 29 heavy (non-hydrogen) atoms. The van der Waals surface area contributed by atoms with Gasteiger partial charge in [-0.15, -0.1) is 0 Å². The summed E-state index contributed by atoms with van der Waals surface area (Å²) in [7, 11) is 3.07. The Bertz CT molecular complexity index is 774. The normalized spacial score (nSPS) is 14.2. The predicted octanol–water partition coefficient (Wildman–Crippen LogP) is 3.52. The maximum Gasteiger partial charge on any atom is 0.319 e. The summed E-state index contributed by atoms with van der Waals surface area (Å²) in [5, 5.41) is 5.53. The molecule has 7 nitrogen and oxygen atoms in total. The van der Waals surface area contributed by atoms with Gasteiger partial charge in [-0.25, -0.2) is 4.79 Å². The molecule has 0 radical (unpaired) electrons. The summed E-state index contributed by atoms with van der Waals surface area (Å²) in [6.07, 6.45) is -0.459. The summed E-state index contributed by atoms with van der Waals surface area (Å²) in [5.41, 5.74) is 3.15. The first-order valence-corrected chi connectivity index (χ1v) is 10.3. The third kappa shape index (κ3) is 6.09. The number of anilines is 3. The van der Waals surface area contributed by atoms with Crippen LogP contribution in [0.2, 0.25) is 0 Å². The van der Waals surface area contributed by atoms with Crippen molar-refractivity contribution in [1.29, 1.82) is 0 Å². The Morgan fingerprint density at radius 2 is 1.41 bits per heavy atom. The lowest BCUT2D eigenvalue weighted by molar-refractivity contribution is -0.0970. The number of benzene rings is 2. The molecule has 1 heterocycles. The van der Waals surface area contributed by atoms with Gasteiger partial charge in [-0.3, -0.25) is 0 Å². The highest BCUT2D eigenvalue weighted by molar-refractivity contribution is 9.10. The minimum absolute atomic E-state index is 0.277. The van der Waals surface area contributed by atoms with Crippen molar-refractivity contribution < 1.29 is 14.3 Å². The number of carbonyl (C=O) groups excluding carboxylic acids is 1. The van der Waals surface area contributed by atoms with Crippen LogP contribution in [-0.2, 0) is 9.47 Å². The Hall–Kier alpha value is -2.29. The lowest BCUT2D eigenvalue weighted by atomic mass is 10.2. The average Bonchev–Trinajstić information content (AvgIpc) is 2.76. The molecule has 2 aromatic rings. The highest BCUT2D eigenvalue weighted by atomic mass is 79.9. The van der Waals surface area contributed by atoms with E-state index in [0.29, 0.717) is 0 Å². The maximum atomic E-state index is 12.0. The van der Waals surface area contributed by atoms with Gasteiger partial charge in [-0.1, -0.05) is 15.9 Å². The lowest BCUT2D eigenvalue weighted by Crippen LogP contribution is -2.46. The number of hydrogen-bond donors (Lipinski definition) is 2. The van der Waals surface area contributed by atoms with Gasteiger partial charge in [0.05, 0.1) is 6.54 Å². The van der Waals surface area contributed by atoms with Crippen LogP contribution in [-0.4, -0.2) is 59.3 Å². The van der Waals surface area contributed by atoms with Crippen molar-refractivity contribution in [2.75, 3.05) is 62.1 Å². The van der Waals surface area contributed by atoms with Gasteiger partial charge in [0.1, 0.15) is 0 Å². The molecule has 0 spiro atoms. The van der Waals surface area contributed by atoms with E-state index in [-0.39, 0.29) is 12.6 Å². The van der Waals surface area contributed by atoms with Crippen LogP contribution in [0, 0.1) is 0 Å². The zero-order valence-electron chi connectivity index (χ0n) is 16.7. The molecule has 1 fully saturated rings. The van der Waals surface area contributed by atoms with Crippen LogP contribution in [0.5, 0.6) is 0 Å². The van der Waals surface area contributed by atoms with Gasteiger partial charge in [-0.05, 0) is 48.5 Å². The SMILES string of the molecule is COC(CNC(=O)Nc1ccc(N2CCN(c3ccc(Br)cc3)CC2)cc1)OC. The number of rotatable bonds is 7. The minimum Gasteiger partial charge on any atom is -0.368 e. The number of halogens is 1. The van der Waals surface area contributed by atoms with Gasteiger partial charge >= 0.3 is 6.03 Å². The zero-order valence-corrected chi connectivity index (χ0v) is 18.3. The number of nitrogens with one attached hydrogen (secondary N) is 2. The number of ether oxygens (including phenoxy) is 2. The molecule has 0 unspecified atom stereocenters. The van der Waals surface area contributed by atoms with Crippen molar-refractivity contribution >= 4 is 39.0 Å². The largest absolute Gasteiger partial charge is 0.368 e. The molecule has 2 N–H and O–H groups in total. The smallest absolute Gasteiger partial charge is 0.319 e. The van der Waals surface area contributed by atoms with Crippen molar-refractivity contribution in [2.45, 2.75) is 6.29 Å². The Morgan fingerprint density at radius 1 is 0.931 bits per heavy atom. The molecule has 8 heteroatoms. The summed E-state index contributed by atoms with van der Waals surface area (Å²) in [4.78, 5) is 16.7. The molecule has 1 saturated heterocycles. The summed E-state index contributed by atoms with van der Waals surface area (Å²) in [5.74, 6) is 0. The second-order valence-corrected chi connectivity index (χ2v) is 7.65. The van der Waals surface area contributed by atoms with E-state index in [2.05, 4.69) is 60.6 Å². The van der Waals surface area contributed by atoms with Gasteiger partial charge < -0.3 is 29.9 Å². The number of amides is 2. The number of nitrogens with zero attached hydrogens (tertiary/aromatic N) is 2. The molecule has 1 aliphatic heterocycles. The van der Waals surface area contributed by atoms with Crippen LogP contribution in [0.25, 0.3) is 0 Å². The number of hydrogen-bond acceptors (Lipinski definition) is 5. The van der Waals surface area contributed by atoms with Crippen LogP contribution in [0.15, 0.2) is 53.0 Å². The molecule has 2 aromatic carbocycles. The van der Waals surface area contributed by atoms with Gasteiger partial charge in [0.2, 0.25) is 0 Å². The van der Waals surface area contributed by atoms with Gasteiger partial charge in [-0.2, -0.15) is 0 Å². The highest BCUT2D eigenvalue weighted by Crippen LogP contribution is 2.23. The van der Waals surface area contributed by atoms with Gasteiger partial charge in [0.15, 0.2) is 6.29 Å². The molecule has 0 bridgehead atoms. The summed E-state index contributed by atoms with van der Waals surface area (Å²) >= 11 is 3.48. The molecule has 2 amide bonds. The van der Waals surface area contributed by atoms with Crippen LogP contribution in [0.4, 0.5) is 21.9 Å². The summed E-state index contributed by atoms with van der Waals surface area (Å²) in [6.45, 7) is 4.14. The number of methoxy groups -OCH3 is 2. The fourth-order valence-electron chi connectivity index (χ4n) is 3.24. The first-order chi connectivity index (χ1) is 14.1. The van der Waals surface area contributed by atoms with Crippen LogP contribution >= 0.6 is 15.9 Å². The fraction of sp³-hybridized carbons (Fsp3) is 0.381. The van der Waals surface area contributed by atoms with E-state index in [0.717, 1.165) is 42.0 Å². The fourth-order valence-corrected chi connectivity index (χ4v) is 3.51. The molecular formula is C21H27BrN4O3. The van der Waals surface area contributed by atoms with Crippen LogP contribution < -0.4 is 20.4 Å². The van der Waals surface area contributed by atoms with E-state index in [1.165, 1.54) is 19.9 Å².